The third-order valence-corrected chi connectivity index (χ3v) is 3.95. The van der Waals surface area contributed by atoms with E-state index in [0.717, 1.165) is 12.8 Å². The molecule has 15 heavy (non-hydrogen) atoms. The van der Waals surface area contributed by atoms with Gasteiger partial charge in [-0.3, -0.25) is 13.8 Å². The molecule has 1 saturated heterocycles. The minimum Gasteiger partial charge on any atom is -0.481 e. The number of aliphatic carboxylic acids is 1. The Morgan fingerprint density at radius 2 is 1.93 bits per heavy atom. The lowest BCUT2D eigenvalue weighted by molar-refractivity contribution is -0.134. The molecule has 86 valence electrons. The highest BCUT2D eigenvalue weighted by Crippen LogP contribution is 2.11. The van der Waals surface area contributed by atoms with E-state index in [1.165, 1.54) is 6.92 Å². The maximum absolute atomic E-state index is 11.7. The van der Waals surface area contributed by atoms with Crippen molar-refractivity contribution in [2.75, 3.05) is 18.8 Å². The van der Waals surface area contributed by atoms with E-state index in [2.05, 4.69) is 0 Å². The second-order valence-electron chi connectivity index (χ2n) is 3.59. The van der Waals surface area contributed by atoms with Gasteiger partial charge in [-0.15, -0.1) is 0 Å². The van der Waals surface area contributed by atoms with Crippen LogP contribution in [0.2, 0.25) is 0 Å². The van der Waals surface area contributed by atoms with Crippen LogP contribution < -0.4 is 0 Å². The van der Waals surface area contributed by atoms with Crippen molar-refractivity contribution < 1.29 is 18.9 Å². The molecular weight excluding hydrogens is 218 g/mol. The zero-order valence-electron chi connectivity index (χ0n) is 8.64. The molecule has 6 heteroatoms. The van der Waals surface area contributed by atoms with Crippen molar-refractivity contribution in [3.63, 3.8) is 0 Å². The van der Waals surface area contributed by atoms with E-state index in [1.807, 2.05) is 0 Å². The Labute approximate surface area is 90.9 Å². The van der Waals surface area contributed by atoms with Crippen LogP contribution in [0, 0.1) is 0 Å². The van der Waals surface area contributed by atoms with E-state index in [4.69, 9.17) is 5.11 Å². The maximum atomic E-state index is 11.7. The van der Waals surface area contributed by atoms with Gasteiger partial charge in [0.05, 0.1) is 0 Å². The number of hydrogen-bond acceptors (Lipinski definition) is 3. The average molecular weight is 233 g/mol. The molecule has 1 rings (SSSR count). The first-order valence-electron chi connectivity index (χ1n) is 4.90. The molecule has 1 fully saturated rings. The summed E-state index contributed by atoms with van der Waals surface area (Å²) >= 11 is 0. The minimum atomic E-state index is -1.61. The Morgan fingerprint density at radius 3 is 2.40 bits per heavy atom. The van der Waals surface area contributed by atoms with Crippen molar-refractivity contribution in [2.45, 2.75) is 25.0 Å². The SMILES string of the molecule is CC(C(=O)N1CCCC1)S(=O)CC(=O)O. The lowest BCUT2D eigenvalue weighted by Crippen LogP contribution is -2.39. The Hall–Kier alpha value is -0.910. The van der Waals surface area contributed by atoms with Crippen molar-refractivity contribution >= 4 is 22.7 Å². The molecule has 0 bridgehead atoms. The molecule has 5 nitrogen and oxygen atoms in total. The lowest BCUT2D eigenvalue weighted by atomic mass is 10.4. The fourth-order valence-corrected chi connectivity index (χ4v) is 2.42. The van der Waals surface area contributed by atoms with Crippen LogP contribution in [0.15, 0.2) is 0 Å². The molecular formula is C9H15NO4S. The van der Waals surface area contributed by atoms with Gasteiger partial charge in [0, 0.05) is 23.9 Å². The molecule has 0 spiro atoms. The zero-order chi connectivity index (χ0) is 11.4. The predicted octanol–water partition coefficient (Wildman–Crippen LogP) is -0.169. The first-order valence-corrected chi connectivity index (χ1v) is 6.28. The van der Waals surface area contributed by atoms with Crippen molar-refractivity contribution in [2.24, 2.45) is 0 Å². The third kappa shape index (κ3) is 3.30. The van der Waals surface area contributed by atoms with Crippen molar-refractivity contribution in [1.82, 2.24) is 4.90 Å². The van der Waals surface area contributed by atoms with Crippen LogP contribution in [0.3, 0.4) is 0 Å². The molecule has 0 aromatic heterocycles. The highest BCUT2D eigenvalue weighted by molar-refractivity contribution is 7.87. The summed E-state index contributed by atoms with van der Waals surface area (Å²) in [7, 11) is -1.61. The Balaban J connectivity index is 2.51. The molecule has 0 radical (unpaired) electrons. The van der Waals surface area contributed by atoms with Gasteiger partial charge in [0.15, 0.2) is 0 Å². The van der Waals surface area contributed by atoms with Gasteiger partial charge in [0.1, 0.15) is 11.0 Å². The molecule has 1 heterocycles. The van der Waals surface area contributed by atoms with E-state index in [1.54, 1.807) is 4.90 Å². The smallest absolute Gasteiger partial charge is 0.316 e. The molecule has 1 N–H and O–H groups in total. The number of carbonyl (C=O) groups is 2. The Kier molecular flexibility index (Phi) is 4.26. The number of hydrogen-bond donors (Lipinski definition) is 1. The fourth-order valence-electron chi connectivity index (χ4n) is 1.55. The standard InChI is InChI=1S/C9H15NO4S/c1-7(15(14)6-8(11)12)9(13)10-4-2-3-5-10/h7H,2-6H2,1H3,(H,11,12). The van der Waals surface area contributed by atoms with E-state index in [0.29, 0.717) is 13.1 Å². The maximum Gasteiger partial charge on any atom is 0.316 e. The largest absolute Gasteiger partial charge is 0.481 e. The topological polar surface area (TPSA) is 74.7 Å². The van der Waals surface area contributed by atoms with Crippen molar-refractivity contribution in [3.05, 3.63) is 0 Å². The quantitative estimate of drug-likeness (QED) is 0.731. The summed E-state index contributed by atoms with van der Waals surface area (Å²) in [6.07, 6.45) is 1.95. The van der Waals surface area contributed by atoms with E-state index >= 15 is 0 Å². The van der Waals surface area contributed by atoms with Crippen LogP contribution in [0.5, 0.6) is 0 Å². The zero-order valence-corrected chi connectivity index (χ0v) is 9.46. The number of carboxylic acids is 1. The van der Waals surface area contributed by atoms with E-state index < -0.39 is 27.8 Å². The highest BCUT2D eigenvalue weighted by Gasteiger charge is 2.28. The van der Waals surface area contributed by atoms with Crippen LogP contribution in [0.4, 0.5) is 0 Å². The Morgan fingerprint density at radius 1 is 1.40 bits per heavy atom. The van der Waals surface area contributed by atoms with Gasteiger partial charge in [0.2, 0.25) is 5.91 Å². The van der Waals surface area contributed by atoms with Gasteiger partial charge in [-0.1, -0.05) is 0 Å². The van der Waals surface area contributed by atoms with Gasteiger partial charge >= 0.3 is 5.97 Å². The highest BCUT2D eigenvalue weighted by atomic mass is 32.2. The van der Waals surface area contributed by atoms with Crippen LogP contribution in [0.1, 0.15) is 19.8 Å². The molecule has 0 aromatic rings. The second kappa shape index (κ2) is 5.25. The van der Waals surface area contributed by atoms with Crippen molar-refractivity contribution in [1.29, 1.82) is 0 Å². The summed E-state index contributed by atoms with van der Waals surface area (Å²) in [6, 6.07) is 0. The van der Waals surface area contributed by atoms with Gasteiger partial charge in [-0.25, -0.2) is 0 Å². The van der Waals surface area contributed by atoms with Gasteiger partial charge in [-0.05, 0) is 19.8 Å². The number of carbonyl (C=O) groups excluding carboxylic acids is 1. The second-order valence-corrected chi connectivity index (χ2v) is 5.35. The van der Waals surface area contributed by atoms with Crippen LogP contribution >= 0.6 is 0 Å². The lowest BCUT2D eigenvalue weighted by Gasteiger charge is -2.19. The number of rotatable bonds is 4. The summed E-state index contributed by atoms with van der Waals surface area (Å²) in [4.78, 5) is 23.7. The monoisotopic (exact) mass is 233 g/mol. The summed E-state index contributed by atoms with van der Waals surface area (Å²) in [5.74, 6) is -1.78. The number of amides is 1. The van der Waals surface area contributed by atoms with Crippen LogP contribution in [0.25, 0.3) is 0 Å². The van der Waals surface area contributed by atoms with E-state index in [-0.39, 0.29) is 5.91 Å². The minimum absolute atomic E-state index is 0.188. The third-order valence-electron chi connectivity index (χ3n) is 2.43. The average Bonchev–Trinajstić information content (AvgIpc) is 2.67. The first-order chi connectivity index (χ1) is 7.02. The van der Waals surface area contributed by atoms with Gasteiger partial charge in [0.25, 0.3) is 0 Å². The molecule has 0 aromatic carbocycles. The molecule has 1 amide bonds. The van der Waals surface area contributed by atoms with Gasteiger partial charge < -0.3 is 10.0 Å². The van der Waals surface area contributed by atoms with Gasteiger partial charge in [-0.2, -0.15) is 0 Å². The molecule has 1 aliphatic rings. The number of carboxylic acid groups (broad SMARTS) is 1. The molecule has 2 unspecified atom stereocenters. The summed E-state index contributed by atoms with van der Waals surface area (Å²) in [6.45, 7) is 2.93. The van der Waals surface area contributed by atoms with Crippen molar-refractivity contribution in [3.8, 4) is 0 Å². The summed E-state index contributed by atoms with van der Waals surface area (Å²) in [5.41, 5.74) is 0. The fraction of sp³-hybridized carbons (Fsp3) is 0.778. The summed E-state index contributed by atoms with van der Waals surface area (Å²) in [5, 5.41) is 7.75. The predicted molar refractivity (Wildman–Crippen MR) is 55.9 cm³/mol. The Bertz CT molecular complexity index is 286. The van der Waals surface area contributed by atoms with Crippen LogP contribution in [-0.2, 0) is 20.4 Å². The number of nitrogens with zero attached hydrogens (tertiary/aromatic N) is 1. The molecule has 2 atom stereocenters. The first kappa shape index (κ1) is 12.2. The number of likely N-dealkylation sites (tertiary alicyclic amines) is 1. The summed E-state index contributed by atoms with van der Waals surface area (Å²) < 4.78 is 11.4. The van der Waals surface area contributed by atoms with Crippen LogP contribution in [-0.4, -0.2) is 50.2 Å². The van der Waals surface area contributed by atoms with E-state index in [9.17, 15) is 13.8 Å². The molecule has 1 aliphatic heterocycles. The molecule has 0 aliphatic carbocycles. The molecule has 0 saturated carbocycles. The normalized spacial score (nSPS) is 19.9.